The van der Waals surface area contributed by atoms with E-state index in [1.54, 1.807) is 12.1 Å². The molecule has 0 radical (unpaired) electrons. The van der Waals surface area contributed by atoms with E-state index in [9.17, 15) is 8.76 Å². The van der Waals surface area contributed by atoms with Crippen LogP contribution in [0.4, 0.5) is 0 Å². The molecule has 0 amide bonds. The van der Waals surface area contributed by atoms with Gasteiger partial charge in [0.1, 0.15) is 5.75 Å². The first-order valence-corrected chi connectivity index (χ1v) is 4.14. The van der Waals surface area contributed by atoms with Crippen molar-refractivity contribution >= 4 is 17.5 Å². The monoisotopic (exact) mass is 184 g/mol. The van der Waals surface area contributed by atoms with Gasteiger partial charge in [-0.1, -0.05) is 0 Å². The van der Waals surface area contributed by atoms with E-state index in [2.05, 4.69) is 4.40 Å². The number of rotatable bonds is 2. The van der Waals surface area contributed by atoms with Crippen molar-refractivity contribution in [3.05, 3.63) is 29.8 Å². The molecule has 1 N–H and O–H groups in total. The Kier molecular flexibility index (Phi) is 2.95. The molecule has 0 aliphatic heterocycles. The van der Waals surface area contributed by atoms with E-state index < -0.39 is 11.3 Å². The molecular weight excluding hydrogens is 178 g/mol. The Morgan fingerprint density at radius 1 is 1.42 bits per heavy atom. The van der Waals surface area contributed by atoms with Crippen molar-refractivity contribution in [2.75, 3.05) is 0 Å². The summed E-state index contributed by atoms with van der Waals surface area (Å²) < 4.78 is 23.1. The lowest BCUT2D eigenvalue weighted by Gasteiger charge is -1.95. The van der Waals surface area contributed by atoms with Gasteiger partial charge in [-0.2, -0.15) is 0 Å². The zero-order valence-electron chi connectivity index (χ0n) is 6.01. The van der Waals surface area contributed by atoms with E-state index in [1.807, 2.05) is 0 Å². The molecule has 0 aromatic heterocycles. The maximum atomic E-state index is 9.99. The first kappa shape index (κ1) is 8.89. The second-order valence-corrected chi connectivity index (χ2v) is 2.69. The van der Waals surface area contributed by atoms with Crippen LogP contribution in [0, 0.1) is 0 Å². The molecule has 0 spiro atoms. The van der Waals surface area contributed by atoms with Crippen LogP contribution in [0.2, 0.25) is 0 Å². The molecule has 0 aliphatic carbocycles. The van der Waals surface area contributed by atoms with Gasteiger partial charge in [0.25, 0.3) is 0 Å². The normalized spacial score (nSPS) is 13.4. The lowest BCUT2D eigenvalue weighted by atomic mass is 10.2. The van der Waals surface area contributed by atoms with Crippen LogP contribution >= 0.6 is 0 Å². The van der Waals surface area contributed by atoms with Gasteiger partial charge < -0.3 is 9.66 Å². The first-order valence-electron chi connectivity index (χ1n) is 3.11. The molecule has 0 bridgehead atoms. The molecule has 0 heterocycles. The fraction of sp³-hybridized carbons (Fsp3) is 0. The van der Waals surface area contributed by atoms with Gasteiger partial charge in [0.05, 0.1) is 11.3 Å². The fourth-order valence-corrected chi connectivity index (χ4v) is 0.872. The summed E-state index contributed by atoms with van der Waals surface area (Å²) in [4.78, 5) is 0. The van der Waals surface area contributed by atoms with Gasteiger partial charge in [-0.25, -0.2) is 4.40 Å². The summed E-state index contributed by atoms with van der Waals surface area (Å²) >= 11 is -2.41. The van der Waals surface area contributed by atoms with Crippen molar-refractivity contribution in [3.8, 4) is 5.75 Å². The smallest absolute Gasteiger partial charge is 0.115 e. The lowest BCUT2D eigenvalue weighted by molar-refractivity contribution is 0.475. The third-order valence-corrected chi connectivity index (χ3v) is 1.46. The molecule has 5 heteroatoms. The fourth-order valence-electron chi connectivity index (χ4n) is 0.664. The predicted octanol–water partition coefficient (Wildman–Crippen LogP) is 0.605. The highest BCUT2D eigenvalue weighted by atomic mass is 32.2. The first-order chi connectivity index (χ1) is 5.68. The maximum Gasteiger partial charge on any atom is 0.115 e. The Morgan fingerprint density at radius 2 is 2.00 bits per heavy atom. The van der Waals surface area contributed by atoms with Gasteiger partial charge in [0, 0.05) is 6.21 Å². The Labute approximate surface area is 72.0 Å². The lowest BCUT2D eigenvalue weighted by Crippen LogP contribution is -1.84. The van der Waals surface area contributed by atoms with Crippen LogP contribution in [0.1, 0.15) is 5.56 Å². The molecule has 1 aromatic rings. The van der Waals surface area contributed by atoms with Crippen molar-refractivity contribution in [1.82, 2.24) is 0 Å². The minimum absolute atomic E-state index is 0.135. The SMILES string of the molecule is O=S([O-])N=Cc1ccc(O)cc1. The van der Waals surface area contributed by atoms with Gasteiger partial charge >= 0.3 is 0 Å². The highest BCUT2D eigenvalue weighted by molar-refractivity contribution is 7.77. The van der Waals surface area contributed by atoms with Gasteiger partial charge in [-0.15, -0.1) is 0 Å². The largest absolute Gasteiger partial charge is 0.754 e. The second-order valence-electron chi connectivity index (χ2n) is 2.04. The highest BCUT2D eigenvalue weighted by Crippen LogP contribution is 2.07. The summed E-state index contributed by atoms with van der Waals surface area (Å²) in [6.45, 7) is 0. The quantitative estimate of drug-likeness (QED) is 0.540. The van der Waals surface area contributed by atoms with E-state index in [1.165, 1.54) is 18.3 Å². The summed E-state index contributed by atoms with van der Waals surface area (Å²) in [6, 6.07) is 6.03. The summed E-state index contributed by atoms with van der Waals surface area (Å²) in [7, 11) is 0. The molecular formula is C7H6NO3S-. The second kappa shape index (κ2) is 3.99. The van der Waals surface area contributed by atoms with E-state index in [-0.39, 0.29) is 5.75 Å². The van der Waals surface area contributed by atoms with Crippen LogP contribution in [0.3, 0.4) is 0 Å². The molecule has 1 unspecified atom stereocenters. The van der Waals surface area contributed by atoms with Crippen LogP contribution in [0.25, 0.3) is 0 Å². The van der Waals surface area contributed by atoms with Crippen molar-refractivity contribution in [2.24, 2.45) is 4.40 Å². The van der Waals surface area contributed by atoms with E-state index in [0.29, 0.717) is 5.56 Å². The molecule has 0 saturated heterocycles. The number of nitrogens with zero attached hydrogens (tertiary/aromatic N) is 1. The Morgan fingerprint density at radius 3 is 2.50 bits per heavy atom. The zero-order valence-corrected chi connectivity index (χ0v) is 6.82. The topological polar surface area (TPSA) is 72.7 Å². The van der Waals surface area contributed by atoms with Crippen LogP contribution < -0.4 is 0 Å². The standard InChI is InChI=1S/C7H7NO3S/c9-7-3-1-6(2-4-7)5-8-12(10)11/h1-5,9H,(H,10,11)/p-1. The Hall–Kier alpha value is -1.20. The van der Waals surface area contributed by atoms with E-state index in [4.69, 9.17) is 5.11 Å². The molecule has 64 valence electrons. The number of hydrogen-bond acceptors (Lipinski definition) is 3. The van der Waals surface area contributed by atoms with Crippen molar-refractivity contribution < 1.29 is 13.9 Å². The minimum atomic E-state index is -2.41. The third-order valence-electron chi connectivity index (χ3n) is 1.18. The maximum absolute atomic E-state index is 9.99. The summed E-state index contributed by atoms with van der Waals surface area (Å²) in [6.07, 6.45) is 1.20. The Bertz CT molecular complexity index is 307. The predicted molar refractivity (Wildman–Crippen MR) is 44.6 cm³/mol. The van der Waals surface area contributed by atoms with Crippen molar-refractivity contribution in [2.45, 2.75) is 0 Å². The van der Waals surface area contributed by atoms with Crippen LogP contribution in [0.5, 0.6) is 5.75 Å². The number of benzene rings is 1. The minimum Gasteiger partial charge on any atom is -0.754 e. The number of hydrogen-bond donors (Lipinski definition) is 1. The average Bonchev–Trinajstić information content (AvgIpc) is 2.03. The number of aromatic hydroxyl groups is 1. The molecule has 4 nitrogen and oxygen atoms in total. The molecule has 1 aromatic carbocycles. The molecule has 0 saturated carbocycles. The molecule has 0 fully saturated rings. The number of phenolic OH excluding ortho intramolecular Hbond substituents is 1. The van der Waals surface area contributed by atoms with Crippen molar-refractivity contribution in [1.29, 1.82) is 0 Å². The van der Waals surface area contributed by atoms with Gasteiger partial charge in [0.2, 0.25) is 0 Å². The Balaban J connectivity index is 2.77. The molecule has 12 heavy (non-hydrogen) atoms. The van der Waals surface area contributed by atoms with E-state index >= 15 is 0 Å². The molecule has 0 aliphatic rings. The summed E-state index contributed by atoms with van der Waals surface area (Å²) in [5, 5.41) is 8.87. The summed E-state index contributed by atoms with van der Waals surface area (Å²) in [5.41, 5.74) is 0.622. The van der Waals surface area contributed by atoms with Gasteiger partial charge in [0.15, 0.2) is 0 Å². The van der Waals surface area contributed by atoms with Gasteiger partial charge in [-0.05, 0) is 29.8 Å². The average molecular weight is 184 g/mol. The highest BCUT2D eigenvalue weighted by Gasteiger charge is 1.87. The van der Waals surface area contributed by atoms with Crippen LogP contribution in [-0.4, -0.2) is 20.1 Å². The summed E-state index contributed by atoms with van der Waals surface area (Å²) in [5.74, 6) is 0.135. The van der Waals surface area contributed by atoms with Crippen LogP contribution in [0.15, 0.2) is 28.7 Å². The molecule has 1 atom stereocenters. The number of phenols is 1. The van der Waals surface area contributed by atoms with Crippen molar-refractivity contribution in [3.63, 3.8) is 0 Å². The van der Waals surface area contributed by atoms with Gasteiger partial charge in [-0.3, -0.25) is 4.21 Å². The zero-order chi connectivity index (χ0) is 8.97. The third kappa shape index (κ3) is 2.81. The van der Waals surface area contributed by atoms with E-state index in [0.717, 1.165) is 0 Å². The molecule has 1 rings (SSSR count). The van der Waals surface area contributed by atoms with Crippen LogP contribution in [-0.2, 0) is 11.3 Å².